The van der Waals surface area contributed by atoms with Gasteiger partial charge in [-0.05, 0) is 44.5 Å². The van der Waals surface area contributed by atoms with Crippen molar-refractivity contribution in [3.8, 4) is 28.5 Å². The summed E-state index contributed by atoms with van der Waals surface area (Å²) in [6, 6.07) is 20.6. The van der Waals surface area contributed by atoms with E-state index in [9.17, 15) is 0 Å². The molecule has 170 valence electrons. The van der Waals surface area contributed by atoms with Crippen molar-refractivity contribution in [1.29, 1.82) is 0 Å². The van der Waals surface area contributed by atoms with Crippen LogP contribution in [0.25, 0.3) is 28.5 Å². The average Bonchev–Trinajstić information content (AvgIpc) is 3.51. The van der Waals surface area contributed by atoms with Crippen LogP contribution in [0.15, 0.2) is 82.7 Å². The molecule has 0 aliphatic rings. The molecule has 0 bridgehead atoms. The van der Waals surface area contributed by atoms with Crippen molar-refractivity contribution in [1.82, 2.24) is 29.9 Å². The number of pyridine rings is 1. The van der Waals surface area contributed by atoms with Crippen LogP contribution in [0.3, 0.4) is 0 Å². The normalized spacial score (nSPS) is 11.1. The molecule has 0 saturated heterocycles. The van der Waals surface area contributed by atoms with Crippen molar-refractivity contribution in [2.45, 2.75) is 31.8 Å². The molecule has 0 aliphatic carbocycles. The van der Waals surface area contributed by atoms with Gasteiger partial charge in [-0.3, -0.25) is 9.55 Å². The Kier molecular flexibility index (Phi) is 6.49. The molecule has 2 aromatic carbocycles. The van der Waals surface area contributed by atoms with Gasteiger partial charge in [0, 0.05) is 41.4 Å². The van der Waals surface area contributed by atoms with Crippen molar-refractivity contribution >= 4 is 11.8 Å². The number of thioether (sulfide) groups is 1. The highest BCUT2D eigenvalue weighted by molar-refractivity contribution is 7.99. The maximum absolute atomic E-state index is 5.42. The zero-order valence-electron chi connectivity index (χ0n) is 19.0. The molecule has 34 heavy (non-hydrogen) atoms. The highest BCUT2D eigenvalue weighted by Gasteiger charge is 2.16. The summed E-state index contributed by atoms with van der Waals surface area (Å²) in [5, 5.41) is 14.0. The van der Waals surface area contributed by atoms with Crippen LogP contribution in [0.5, 0.6) is 0 Å². The standard InChI is InChI=1S/C26H24N6OS/c1-18-5-9-21(10-6-18)25-29-30-26(32(25)22-11-7-19(2)8-12-22)34-17-3-4-23-28-24(31-33-23)20-13-15-27-16-14-20/h5-16H,3-4,17H2,1-2H3. The Morgan fingerprint density at radius 3 is 2.26 bits per heavy atom. The number of nitrogens with zero attached hydrogens (tertiary/aromatic N) is 6. The minimum Gasteiger partial charge on any atom is -0.339 e. The lowest BCUT2D eigenvalue weighted by atomic mass is 10.1. The molecule has 0 amide bonds. The Labute approximate surface area is 202 Å². The van der Waals surface area contributed by atoms with E-state index in [1.54, 1.807) is 24.2 Å². The summed E-state index contributed by atoms with van der Waals surface area (Å²) in [6.45, 7) is 4.17. The van der Waals surface area contributed by atoms with E-state index in [0.717, 1.165) is 40.0 Å². The van der Waals surface area contributed by atoms with Crippen molar-refractivity contribution in [3.05, 3.63) is 90.1 Å². The number of hydrogen-bond acceptors (Lipinski definition) is 7. The lowest BCUT2D eigenvalue weighted by Gasteiger charge is -2.11. The minimum absolute atomic E-state index is 0.590. The van der Waals surface area contributed by atoms with Gasteiger partial charge in [0.15, 0.2) is 11.0 Å². The van der Waals surface area contributed by atoms with Crippen LogP contribution in [0.4, 0.5) is 0 Å². The summed E-state index contributed by atoms with van der Waals surface area (Å²) < 4.78 is 7.55. The van der Waals surface area contributed by atoms with Crippen LogP contribution in [0.1, 0.15) is 23.4 Å². The van der Waals surface area contributed by atoms with Crippen LogP contribution in [0.2, 0.25) is 0 Å². The van der Waals surface area contributed by atoms with Crippen molar-refractivity contribution in [2.24, 2.45) is 0 Å². The van der Waals surface area contributed by atoms with Gasteiger partial charge < -0.3 is 4.52 Å². The zero-order valence-corrected chi connectivity index (χ0v) is 19.9. The third-order valence-electron chi connectivity index (χ3n) is 5.41. The van der Waals surface area contributed by atoms with Crippen LogP contribution < -0.4 is 0 Å². The third kappa shape index (κ3) is 4.92. The van der Waals surface area contributed by atoms with Crippen molar-refractivity contribution in [2.75, 3.05) is 5.75 Å². The first kappa shape index (κ1) is 22.0. The van der Waals surface area contributed by atoms with Crippen LogP contribution in [-0.4, -0.2) is 35.6 Å². The number of rotatable bonds is 8. The van der Waals surface area contributed by atoms with Crippen molar-refractivity contribution < 1.29 is 4.52 Å². The van der Waals surface area contributed by atoms with Crippen LogP contribution >= 0.6 is 11.8 Å². The first-order valence-corrected chi connectivity index (χ1v) is 12.1. The predicted octanol–water partition coefficient (Wildman–Crippen LogP) is 5.72. The molecular formula is C26H24N6OS. The Morgan fingerprint density at radius 1 is 0.824 bits per heavy atom. The Hall–Kier alpha value is -3.78. The summed E-state index contributed by atoms with van der Waals surface area (Å²) in [5.74, 6) is 2.91. The number of aryl methyl sites for hydroxylation is 3. The van der Waals surface area contributed by atoms with E-state index in [0.29, 0.717) is 18.1 Å². The van der Waals surface area contributed by atoms with Gasteiger partial charge in [-0.1, -0.05) is 64.4 Å². The molecule has 0 N–H and O–H groups in total. The zero-order chi connectivity index (χ0) is 23.3. The van der Waals surface area contributed by atoms with Crippen LogP contribution in [-0.2, 0) is 6.42 Å². The molecule has 0 unspecified atom stereocenters. The number of benzene rings is 2. The smallest absolute Gasteiger partial charge is 0.226 e. The molecule has 3 aromatic heterocycles. The van der Waals surface area contributed by atoms with E-state index >= 15 is 0 Å². The summed E-state index contributed by atoms with van der Waals surface area (Å²) in [5.41, 5.74) is 5.42. The molecule has 0 atom stereocenters. The lowest BCUT2D eigenvalue weighted by Crippen LogP contribution is -2.00. The maximum Gasteiger partial charge on any atom is 0.226 e. The summed E-state index contributed by atoms with van der Waals surface area (Å²) in [6.07, 6.45) is 5.02. The fourth-order valence-corrected chi connectivity index (χ4v) is 4.43. The van der Waals surface area contributed by atoms with Gasteiger partial charge in [-0.25, -0.2) is 0 Å². The number of hydrogen-bond donors (Lipinski definition) is 0. The molecular weight excluding hydrogens is 444 g/mol. The van der Waals surface area contributed by atoms with E-state index in [4.69, 9.17) is 4.52 Å². The average molecular weight is 469 g/mol. The molecule has 0 saturated carbocycles. The third-order valence-corrected chi connectivity index (χ3v) is 6.42. The quantitative estimate of drug-likeness (QED) is 0.213. The summed E-state index contributed by atoms with van der Waals surface area (Å²) >= 11 is 1.68. The fourth-order valence-electron chi connectivity index (χ4n) is 3.54. The first-order valence-electron chi connectivity index (χ1n) is 11.1. The molecule has 7 nitrogen and oxygen atoms in total. The number of aromatic nitrogens is 6. The van der Waals surface area contributed by atoms with Gasteiger partial charge in [0.1, 0.15) is 0 Å². The Morgan fingerprint density at radius 2 is 1.53 bits per heavy atom. The maximum atomic E-state index is 5.42. The SMILES string of the molecule is Cc1ccc(-c2nnc(SCCCc3nc(-c4ccncc4)no3)n2-c2ccc(C)cc2)cc1. The van der Waals surface area contributed by atoms with Crippen molar-refractivity contribution in [3.63, 3.8) is 0 Å². The lowest BCUT2D eigenvalue weighted by molar-refractivity contribution is 0.378. The van der Waals surface area contributed by atoms with Gasteiger partial charge in [0.05, 0.1) is 0 Å². The largest absolute Gasteiger partial charge is 0.339 e. The van der Waals surface area contributed by atoms with Gasteiger partial charge in [-0.2, -0.15) is 4.98 Å². The van der Waals surface area contributed by atoms with Gasteiger partial charge in [0.25, 0.3) is 0 Å². The molecule has 0 fully saturated rings. The van der Waals surface area contributed by atoms with E-state index in [-0.39, 0.29) is 0 Å². The van der Waals surface area contributed by atoms with Crippen LogP contribution in [0, 0.1) is 13.8 Å². The molecule has 0 spiro atoms. The Bertz CT molecular complexity index is 1360. The molecule has 5 aromatic rings. The van der Waals surface area contributed by atoms with E-state index < -0.39 is 0 Å². The second kappa shape index (κ2) is 10.0. The molecule has 0 aliphatic heterocycles. The molecule has 3 heterocycles. The van der Waals surface area contributed by atoms with E-state index in [2.05, 4.69) is 92.3 Å². The second-order valence-electron chi connectivity index (χ2n) is 8.04. The Balaban J connectivity index is 1.30. The van der Waals surface area contributed by atoms with E-state index in [1.807, 2.05) is 12.1 Å². The molecule has 5 rings (SSSR count). The van der Waals surface area contributed by atoms with Gasteiger partial charge in [-0.15, -0.1) is 10.2 Å². The summed E-state index contributed by atoms with van der Waals surface area (Å²) in [7, 11) is 0. The second-order valence-corrected chi connectivity index (χ2v) is 9.10. The highest BCUT2D eigenvalue weighted by atomic mass is 32.2. The molecule has 0 radical (unpaired) electrons. The molecule has 8 heteroatoms. The first-order chi connectivity index (χ1) is 16.7. The topological polar surface area (TPSA) is 82.5 Å². The minimum atomic E-state index is 0.590. The van der Waals surface area contributed by atoms with Gasteiger partial charge in [0.2, 0.25) is 11.7 Å². The van der Waals surface area contributed by atoms with Gasteiger partial charge >= 0.3 is 0 Å². The monoisotopic (exact) mass is 468 g/mol. The van der Waals surface area contributed by atoms with E-state index in [1.165, 1.54) is 11.1 Å². The summed E-state index contributed by atoms with van der Waals surface area (Å²) in [4.78, 5) is 8.52. The predicted molar refractivity (Wildman–Crippen MR) is 133 cm³/mol. The fraction of sp³-hybridized carbons (Fsp3) is 0.192. The highest BCUT2D eigenvalue weighted by Crippen LogP contribution is 2.29.